The molecule has 4 heterocycles. The van der Waals surface area contributed by atoms with Gasteiger partial charge in [0.2, 0.25) is 0 Å². The Hall–Kier alpha value is -1.18. The number of nitrogens with two attached hydrogens (primary N) is 1. The molecule has 13 atom stereocenters. The van der Waals surface area contributed by atoms with Gasteiger partial charge in [-0.15, -0.1) is 0 Å². The number of likely N-dealkylation sites (tertiary alicyclic amines) is 1. The van der Waals surface area contributed by atoms with Crippen molar-refractivity contribution in [2.75, 3.05) is 46.0 Å². The van der Waals surface area contributed by atoms with Gasteiger partial charge in [0.15, 0.2) is 18.2 Å². The first-order chi connectivity index (χ1) is 25.5. The lowest BCUT2D eigenvalue weighted by Gasteiger charge is -2.62. The maximum absolute atomic E-state index is 15.0. The van der Waals surface area contributed by atoms with Crippen LogP contribution in [0.2, 0.25) is 0 Å². The highest BCUT2D eigenvalue weighted by Gasteiger charge is 2.85. The third-order valence-corrected chi connectivity index (χ3v) is 17.9. The Morgan fingerprint density at radius 1 is 0.963 bits per heavy atom. The van der Waals surface area contributed by atoms with Crippen LogP contribution >= 0.6 is 0 Å². The molecule has 0 aromatic heterocycles. The summed E-state index contributed by atoms with van der Waals surface area (Å²) >= 11 is 0. The van der Waals surface area contributed by atoms with E-state index in [2.05, 4.69) is 37.5 Å². The highest BCUT2D eigenvalue weighted by Crippen LogP contribution is 2.87. The maximum atomic E-state index is 15.0. The van der Waals surface area contributed by atoms with Gasteiger partial charge in [0.25, 0.3) is 0 Å². The molecule has 0 aromatic carbocycles. The van der Waals surface area contributed by atoms with Gasteiger partial charge >= 0.3 is 5.97 Å². The van der Waals surface area contributed by atoms with Crippen molar-refractivity contribution in [2.24, 2.45) is 51.1 Å². The van der Waals surface area contributed by atoms with E-state index < -0.39 is 35.4 Å². The van der Waals surface area contributed by atoms with Crippen molar-refractivity contribution in [2.45, 2.75) is 167 Å². The molecule has 0 bridgehead atoms. The van der Waals surface area contributed by atoms with Crippen molar-refractivity contribution in [1.29, 1.82) is 0 Å². The SMILES string of the molecule is CC(=O)OC(C1CC(C)C2C(O1)C(=O)C1(N)C3CCC4C(C)(C)C(OC5CN(C6CCN(C7COC7)CC6)CCO5)CCC45CC35CCC21C)C(C)(C)O. The molecule has 4 aliphatic heterocycles. The number of carbonyl (C=O) groups excluding carboxylic acids is 2. The number of hydrogen-bond donors (Lipinski definition) is 2. The summed E-state index contributed by atoms with van der Waals surface area (Å²) in [5.41, 5.74) is 5.33. The van der Waals surface area contributed by atoms with E-state index in [4.69, 9.17) is 29.4 Å². The summed E-state index contributed by atoms with van der Waals surface area (Å²) in [6, 6.07) is 1.22. The molecular formula is C43H69N3O8. The third-order valence-electron chi connectivity index (χ3n) is 17.9. The zero-order valence-corrected chi connectivity index (χ0v) is 34.1. The van der Waals surface area contributed by atoms with Crippen molar-refractivity contribution in [3.63, 3.8) is 0 Å². The Kier molecular flexibility index (Phi) is 9.17. The smallest absolute Gasteiger partial charge is 0.303 e. The largest absolute Gasteiger partial charge is 0.457 e. The van der Waals surface area contributed by atoms with E-state index in [0.29, 0.717) is 24.4 Å². The second kappa shape index (κ2) is 12.9. The molecule has 4 saturated heterocycles. The zero-order chi connectivity index (χ0) is 38.2. The fourth-order valence-corrected chi connectivity index (χ4v) is 15.2. The lowest BCUT2D eigenvalue weighted by molar-refractivity contribution is -0.249. The van der Waals surface area contributed by atoms with E-state index in [0.717, 1.165) is 90.9 Å². The first-order valence-corrected chi connectivity index (χ1v) is 21.7. The van der Waals surface area contributed by atoms with Gasteiger partial charge in [-0.1, -0.05) is 27.7 Å². The van der Waals surface area contributed by atoms with E-state index in [1.54, 1.807) is 13.8 Å². The quantitative estimate of drug-likeness (QED) is 0.361. The number of Topliss-reactive ketones (excluding diaryl/α,β-unsaturated/α-hetero) is 1. The minimum absolute atomic E-state index is 0.00339. The van der Waals surface area contributed by atoms with Gasteiger partial charge < -0.3 is 34.5 Å². The molecule has 3 N–H and O–H groups in total. The molecule has 9 rings (SSSR count). The number of ether oxygens (including phenoxy) is 5. The minimum atomic E-state index is -1.31. The molecule has 11 heteroatoms. The van der Waals surface area contributed by atoms with Crippen LogP contribution in [0.25, 0.3) is 0 Å². The number of esters is 1. The van der Waals surface area contributed by atoms with Crippen molar-refractivity contribution in [3.05, 3.63) is 0 Å². The van der Waals surface area contributed by atoms with Crippen LogP contribution in [0.1, 0.15) is 113 Å². The lowest BCUT2D eigenvalue weighted by Crippen LogP contribution is -2.69. The van der Waals surface area contributed by atoms with Crippen molar-refractivity contribution in [1.82, 2.24) is 9.80 Å². The predicted octanol–water partition coefficient (Wildman–Crippen LogP) is 4.31. The van der Waals surface area contributed by atoms with E-state index in [9.17, 15) is 14.7 Å². The van der Waals surface area contributed by atoms with Crippen LogP contribution in [-0.4, -0.2) is 127 Å². The normalized spacial score (nSPS) is 48.7. The van der Waals surface area contributed by atoms with Gasteiger partial charge in [-0.25, -0.2) is 0 Å². The van der Waals surface area contributed by atoms with Crippen LogP contribution in [0.15, 0.2) is 0 Å². The predicted molar refractivity (Wildman–Crippen MR) is 201 cm³/mol. The first-order valence-electron chi connectivity index (χ1n) is 21.7. The molecule has 54 heavy (non-hydrogen) atoms. The summed E-state index contributed by atoms with van der Waals surface area (Å²) in [4.78, 5) is 32.4. The Bertz CT molecular complexity index is 1490. The van der Waals surface area contributed by atoms with Gasteiger partial charge in [-0.3, -0.25) is 19.4 Å². The summed E-state index contributed by atoms with van der Waals surface area (Å²) < 4.78 is 31.2. The number of piperidine rings is 1. The molecule has 5 aliphatic carbocycles. The van der Waals surface area contributed by atoms with Gasteiger partial charge in [-0.05, 0) is 117 Å². The number of nitrogens with zero attached hydrogens (tertiary/aromatic N) is 2. The van der Waals surface area contributed by atoms with Crippen LogP contribution in [-0.2, 0) is 33.3 Å². The Balaban J connectivity index is 0.895. The average molecular weight is 756 g/mol. The highest BCUT2D eigenvalue weighted by atomic mass is 16.7. The molecule has 2 spiro atoms. The summed E-state index contributed by atoms with van der Waals surface area (Å²) in [5.74, 6) is 0.351. The number of ketones is 1. The van der Waals surface area contributed by atoms with Gasteiger partial charge in [-0.2, -0.15) is 0 Å². The third kappa shape index (κ3) is 5.40. The molecule has 9 fully saturated rings. The number of carbonyl (C=O) groups is 2. The summed E-state index contributed by atoms with van der Waals surface area (Å²) in [6.45, 7) is 20.7. The zero-order valence-electron chi connectivity index (χ0n) is 34.1. The summed E-state index contributed by atoms with van der Waals surface area (Å²) in [5, 5.41) is 11.0. The Labute approximate surface area is 323 Å². The topological polar surface area (TPSA) is 133 Å². The molecule has 5 saturated carbocycles. The van der Waals surface area contributed by atoms with Crippen LogP contribution in [0.3, 0.4) is 0 Å². The van der Waals surface area contributed by atoms with Crippen LogP contribution in [0.4, 0.5) is 0 Å². The molecular weight excluding hydrogens is 686 g/mol. The summed E-state index contributed by atoms with van der Waals surface area (Å²) in [7, 11) is 0. The number of aliphatic hydroxyl groups is 1. The van der Waals surface area contributed by atoms with E-state index >= 15 is 0 Å². The maximum Gasteiger partial charge on any atom is 0.303 e. The van der Waals surface area contributed by atoms with Gasteiger partial charge in [0.05, 0.1) is 49.2 Å². The van der Waals surface area contributed by atoms with Gasteiger partial charge in [0.1, 0.15) is 6.10 Å². The number of hydrogen-bond acceptors (Lipinski definition) is 11. The molecule has 0 radical (unpaired) electrons. The van der Waals surface area contributed by atoms with Crippen LogP contribution in [0, 0.1) is 45.3 Å². The van der Waals surface area contributed by atoms with Crippen molar-refractivity contribution in [3.8, 4) is 0 Å². The molecule has 0 amide bonds. The number of fused-ring (bicyclic) bond motifs is 4. The fraction of sp³-hybridized carbons (Fsp3) is 0.953. The van der Waals surface area contributed by atoms with Crippen LogP contribution < -0.4 is 5.73 Å². The standard InChI is InChI=1S/C43H69N3O8/c1-25-20-29(37(39(5,6)49)52-26(2)47)53-35-34(25)40(7)14-15-42-24-41(42)13-10-32(38(3,4)30(41)8-9-31(42)43(40,44)36(35)48)54-33-21-46(18-19-51-33)27-11-16-45(17-12-27)28-22-50-23-28/h25,27-35,37,49H,8-24,44H2,1-7H3. The molecule has 9 aliphatic rings. The van der Waals surface area contributed by atoms with Crippen LogP contribution in [0.5, 0.6) is 0 Å². The fourth-order valence-electron chi connectivity index (χ4n) is 15.2. The van der Waals surface area contributed by atoms with Crippen molar-refractivity contribution >= 4 is 11.8 Å². The molecule has 13 unspecified atom stereocenters. The van der Waals surface area contributed by atoms with E-state index in [1.807, 2.05) is 0 Å². The minimum Gasteiger partial charge on any atom is -0.457 e. The highest BCUT2D eigenvalue weighted by molar-refractivity contribution is 5.97. The van der Waals surface area contributed by atoms with E-state index in [1.165, 1.54) is 19.8 Å². The number of morpholine rings is 1. The second-order valence-electron chi connectivity index (χ2n) is 21.1. The second-order valence-corrected chi connectivity index (χ2v) is 21.1. The Morgan fingerprint density at radius 3 is 2.33 bits per heavy atom. The molecule has 0 aromatic rings. The lowest BCUT2D eigenvalue weighted by atomic mass is 9.43. The molecule has 304 valence electrons. The summed E-state index contributed by atoms with van der Waals surface area (Å²) in [6.07, 6.45) is 8.24. The average Bonchev–Trinajstić information content (AvgIpc) is 3.72. The Morgan fingerprint density at radius 2 is 1.67 bits per heavy atom. The van der Waals surface area contributed by atoms with Gasteiger partial charge in [0, 0.05) is 45.1 Å². The van der Waals surface area contributed by atoms with E-state index in [-0.39, 0.29) is 57.6 Å². The first kappa shape index (κ1) is 38.3. The number of rotatable bonds is 7. The molecule has 11 nitrogen and oxygen atoms in total. The monoisotopic (exact) mass is 756 g/mol. The van der Waals surface area contributed by atoms with Crippen molar-refractivity contribution < 1.29 is 38.4 Å².